The van der Waals surface area contributed by atoms with E-state index >= 15 is 0 Å². The number of esters is 1. The zero-order valence-corrected chi connectivity index (χ0v) is 14.3. The number of hydrogen-bond donors (Lipinski definition) is 0. The summed E-state index contributed by atoms with van der Waals surface area (Å²) in [4.78, 5) is 19.0. The maximum Gasteiger partial charge on any atom is 0.305 e. The number of aromatic nitrogens is 1. The second-order valence-corrected chi connectivity index (χ2v) is 6.32. The normalized spacial score (nSPS) is 17.9. The Bertz CT molecular complexity index is 453. The molecule has 1 aromatic rings. The Morgan fingerprint density at radius 2 is 2.33 bits per heavy atom. The van der Waals surface area contributed by atoms with Gasteiger partial charge in [0.15, 0.2) is 5.13 Å². The van der Waals surface area contributed by atoms with Crippen LogP contribution in [0.1, 0.15) is 31.6 Å². The van der Waals surface area contributed by atoms with Crippen molar-refractivity contribution in [2.24, 2.45) is 0 Å². The highest BCUT2D eigenvalue weighted by molar-refractivity contribution is 7.15. The van der Waals surface area contributed by atoms with Crippen LogP contribution < -0.4 is 4.90 Å². The molecule has 1 aliphatic rings. The van der Waals surface area contributed by atoms with Gasteiger partial charge in [0.25, 0.3) is 0 Å². The third-order valence-electron chi connectivity index (χ3n) is 3.22. The molecule has 0 N–H and O–H groups in total. The van der Waals surface area contributed by atoms with Gasteiger partial charge in [0, 0.05) is 24.2 Å². The lowest BCUT2D eigenvalue weighted by molar-refractivity contribution is -0.140. The first kappa shape index (κ1) is 18.2. The van der Waals surface area contributed by atoms with Crippen molar-refractivity contribution in [1.82, 2.24) is 4.98 Å². The highest BCUT2D eigenvalue weighted by atomic mass is 35.5. The average molecular weight is 335 g/mol. The SMILES string of the molecule is COC(=O)CCc1cnc(N2CC[C@H](OC(C)C)C2)s1.Cl. The molecule has 0 aromatic carbocycles. The average Bonchev–Trinajstić information content (AvgIpc) is 3.03. The van der Waals surface area contributed by atoms with Crippen molar-refractivity contribution in [2.75, 3.05) is 25.1 Å². The van der Waals surface area contributed by atoms with Gasteiger partial charge in [-0.1, -0.05) is 0 Å². The van der Waals surface area contributed by atoms with Crippen LogP contribution in [0, 0.1) is 0 Å². The fourth-order valence-electron chi connectivity index (χ4n) is 2.28. The third kappa shape index (κ3) is 5.45. The van der Waals surface area contributed by atoms with Gasteiger partial charge in [-0.3, -0.25) is 4.79 Å². The predicted octanol–water partition coefficient (Wildman–Crippen LogP) is 2.67. The molecule has 0 amide bonds. The molecule has 2 heterocycles. The monoisotopic (exact) mass is 334 g/mol. The summed E-state index contributed by atoms with van der Waals surface area (Å²) in [5, 5.41) is 1.03. The van der Waals surface area contributed by atoms with Gasteiger partial charge in [-0.15, -0.1) is 23.7 Å². The van der Waals surface area contributed by atoms with Crippen LogP contribution in [0.2, 0.25) is 0 Å². The number of rotatable bonds is 6. The molecular formula is C14H23ClN2O3S. The van der Waals surface area contributed by atoms with Crippen LogP contribution in [0.15, 0.2) is 6.20 Å². The minimum atomic E-state index is -0.175. The lowest BCUT2D eigenvalue weighted by Crippen LogP contribution is -2.24. The minimum absolute atomic E-state index is 0. The Kier molecular flexibility index (Phi) is 7.42. The number of nitrogens with zero attached hydrogens (tertiary/aromatic N) is 2. The van der Waals surface area contributed by atoms with Crippen molar-refractivity contribution in [1.29, 1.82) is 0 Å². The van der Waals surface area contributed by atoms with Gasteiger partial charge in [0.2, 0.25) is 0 Å². The van der Waals surface area contributed by atoms with Gasteiger partial charge in [0.05, 0.1) is 25.7 Å². The van der Waals surface area contributed by atoms with Gasteiger partial charge in [-0.05, 0) is 26.7 Å². The van der Waals surface area contributed by atoms with Crippen LogP contribution in [0.5, 0.6) is 0 Å². The maximum atomic E-state index is 11.1. The maximum absolute atomic E-state index is 11.1. The third-order valence-corrected chi connectivity index (χ3v) is 4.34. The van der Waals surface area contributed by atoms with Crippen LogP contribution in [-0.2, 0) is 20.7 Å². The van der Waals surface area contributed by atoms with E-state index < -0.39 is 0 Å². The number of carbonyl (C=O) groups is 1. The molecule has 1 aromatic heterocycles. The molecule has 1 aliphatic heterocycles. The lowest BCUT2D eigenvalue weighted by Gasteiger charge is -2.16. The molecule has 1 saturated heterocycles. The van der Waals surface area contributed by atoms with Crippen LogP contribution >= 0.6 is 23.7 Å². The first-order chi connectivity index (χ1) is 9.58. The molecule has 0 aliphatic carbocycles. The van der Waals surface area contributed by atoms with Crippen molar-refractivity contribution in [3.05, 3.63) is 11.1 Å². The summed E-state index contributed by atoms with van der Waals surface area (Å²) in [6.45, 7) is 6.03. The number of aryl methyl sites for hydroxylation is 1. The van der Waals surface area contributed by atoms with E-state index in [0.717, 1.165) is 29.5 Å². The molecule has 0 bridgehead atoms. The zero-order chi connectivity index (χ0) is 14.5. The number of halogens is 1. The smallest absolute Gasteiger partial charge is 0.305 e. The summed E-state index contributed by atoms with van der Waals surface area (Å²) < 4.78 is 10.5. The van der Waals surface area contributed by atoms with E-state index in [-0.39, 0.29) is 24.5 Å². The summed E-state index contributed by atoms with van der Waals surface area (Å²) in [6.07, 6.45) is 4.60. The van der Waals surface area contributed by atoms with Crippen molar-refractivity contribution in [3.8, 4) is 0 Å². The number of ether oxygens (including phenoxy) is 2. The van der Waals surface area contributed by atoms with E-state index in [1.807, 2.05) is 6.20 Å². The van der Waals surface area contributed by atoms with Crippen LogP contribution in [-0.4, -0.2) is 43.4 Å². The summed E-state index contributed by atoms with van der Waals surface area (Å²) in [7, 11) is 1.42. The van der Waals surface area contributed by atoms with Crippen molar-refractivity contribution < 1.29 is 14.3 Å². The number of hydrogen-bond acceptors (Lipinski definition) is 6. The summed E-state index contributed by atoms with van der Waals surface area (Å²) in [5.74, 6) is -0.175. The molecule has 5 nitrogen and oxygen atoms in total. The Morgan fingerprint density at radius 3 is 3.00 bits per heavy atom. The standard InChI is InChI=1S/C14H22N2O3S.ClH/c1-10(2)19-11-6-7-16(9-11)14-15-8-12(20-14)4-5-13(17)18-3;/h8,10-11H,4-7,9H2,1-3H3;1H/t11-;/m0./s1. The second kappa shape index (κ2) is 8.56. The highest BCUT2D eigenvalue weighted by Gasteiger charge is 2.25. The number of carbonyl (C=O) groups excluding carboxylic acids is 1. The molecule has 0 unspecified atom stereocenters. The molecular weight excluding hydrogens is 312 g/mol. The van der Waals surface area contributed by atoms with E-state index in [4.69, 9.17) is 4.74 Å². The molecule has 0 radical (unpaired) electrons. The van der Waals surface area contributed by atoms with Gasteiger partial charge >= 0.3 is 5.97 Å². The Balaban J connectivity index is 0.00000220. The molecule has 120 valence electrons. The van der Waals surface area contributed by atoms with E-state index in [1.165, 1.54) is 7.11 Å². The summed E-state index contributed by atoms with van der Waals surface area (Å²) in [5.41, 5.74) is 0. The predicted molar refractivity (Wildman–Crippen MR) is 86.5 cm³/mol. The Hall–Kier alpha value is -0.850. The second-order valence-electron chi connectivity index (χ2n) is 5.23. The number of anilines is 1. The molecule has 0 saturated carbocycles. The topological polar surface area (TPSA) is 51.7 Å². The van der Waals surface area contributed by atoms with E-state index in [2.05, 4.69) is 28.5 Å². The number of methoxy groups -OCH3 is 1. The van der Waals surface area contributed by atoms with E-state index in [0.29, 0.717) is 18.9 Å². The minimum Gasteiger partial charge on any atom is -0.469 e. The molecule has 7 heteroatoms. The lowest BCUT2D eigenvalue weighted by atomic mass is 10.3. The van der Waals surface area contributed by atoms with E-state index in [9.17, 15) is 4.79 Å². The number of thiazole rings is 1. The molecule has 0 spiro atoms. The Labute approximate surface area is 136 Å². The van der Waals surface area contributed by atoms with Gasteiger partial charge < -0.3 is 14.4 Å². The zero-order valence-electron chi connectivity index (χ0n) is 12.7. The fourth-order valence-corrected chi connectivity index (χ4v) is 3.23. The molecule has 21 heavy (non-hydrogen) atoms. The van der Waals surface area contributed by atoms with Crippen molar-refractivity contribution >= 4 is 34.8 Å². The van der Waals surface area contributed by atoms with E-state index in [1.54, 1.807) is 11.3 Å². The largest absolute Gasteiger partial charge is 0.469 e. The van der Waals surface area contributed by atoms with Crippen LogP contribution in [0.3, 0.4) is 0 Å². The molecule has 1 atom stereocenters. The van der Waals surface area contributed by atoms with Gasteiger partial charge in [0.1, 0.15) is 0 Å². The van der Waals surface area contributed by atoms with Gasteiger partial charge in [-0.25, -0.2) is 4.98 Å². The van der Waals surface area contributed by atoms with Crippen LogP contribution in [0.4, 0.5) is 5.13 Å². The fraction of sp³-hybridized carbons (Fsp3) is 0.714. The highest BCUT2D eigenvalue weighted by Crippen LogP contribution is 2.27. The first-order valence-corrected chi connectivity index (χ1v) is 7.82. The quantitative estimate of drug-likeness (QED) is 0.749. The summed E-state index contributed by atoms with van der Waals surface area (Å²) >= 11 is 1.66. The molecule has 2 rings (SSSR count). The molecule has 1 fully saturated rings. The van der Waals surface area contributed by atoms with Crippen molar-refractivity contribution in [2.45, 2.75) is 45.3 Å². The summed E-state index contributed by atoms with van der Waals surface area (Å²) in [6, 6.07) is 0. The van der Waals surface area contributed by atoms with Crippen LogP contribution in [0.25, 0.3) is 0 Å². The van der Waals surface area contributed by atoms with Crippen molar-refractivity contribution in [3.63, 3.8) is 0 Å². The Morgan fingerprint density at radius 1 is 1.57 bits per heavy atom. The van der Waals surface area contributed by atoms with Gasteiger partial charge in [-0.2, -0.15) is 0 Å². The first-order valence-electron chi connectivity index (χ1n) is 7.00.